The molecule has 3 aromatic rings. The van der Waals surface area contributed by atoms with Crippen molar-refractivity contribution < 1.29 is 9.53 Å². The molecule has 0 N–H and O–H groups in total. The number of carbonyl (C=O) groups excluding carboxylic acids is 1. The maximum Gasteiger partial charge on any atom is 0.236 e. The summed E-state index contributed by atoms with van der Waals surface area (Å²) in [5.74, 6) is 1.26. The van der Waals surface area contributed by atoms with E-state index in [0.717, 1.165) is 47.5 Å². The number of ether oxygens (including phenoxy) is 1. The molecular weight excluding hydrogens is 402 g/mol. The van der Waals surface area contributed by atoms with E-state index in [0.29, 0.717) is 19.6 Å². The van der Waals surface area contributed by atoms with Crippen molar-refractivity contribution in [2.45, 2.75) is 25.3 Å². The predicted molar refractivity (Wildman–Crippen MR) is 123 cm³/mol. The van der Waals surface area contributed by atoms with Crippen LogP contribution in [0.15, 0.2) is 61.3 Å². The molecule has 0 spiro atoms. The SMILES string of the molecule is COc1cccc(CN(C)CC(=O)N2CCC[C@@H](c3ccc(-c4cncnc4)cn3)C2)c1. The van der Waals surface area contributed by atoms with Crippen LogP contribution < -0.4 is 4.74 Å². The van der Waals surface area contributed by atoms with E-state index in [1.807, 2.05) is 36.3 Å². The number of methoxy groups -OCH3 is 1. The number of amides is 1. The summed E-state index contributed by atoms with van der Waals surface area (Å²) in [5, 5.41) is 0. The second-order valence-corrected chi connectivity index (χ2v) is 8.30. The van der Waals surface area contributed by atoms with Crippen molar-refractivity contribution in [2.24, 2.45) is 0 Å². The van der Waals surface area contributed by atoms with Gasteiger partial charge in [0.1, 0.15) is 12.1 Å². The van der Waals surface area contributed by atoms with Crippen molar-refractivity contribution >= 4 is 5.91 Å². The quantitative estimate of drug-likeness (QED) is 0.571. The van der Waals surface area contributed by atoms with Gasteiger partial charge < -0.3 is 9.64 Å². The first-order valence-corrected chi connectivity index (χ1v) is 10.9. The van der Waals surface area contributed by atoms with Crippen LogP contribution >= 0.6 is 0 Å². The molecule has 1 fully saturated rings. The molecule has 0 saturated carbocycles. The normalized spacial score (nSPS) is 16.2. The Kier molecular flexibility index (Phi) is 7.07. The van der Waals surface area contributed by atoms with Gasteiger partial charge in [0.05, 0.1) is 13.7 Å². The molecule has 1 aliphatic rings. The highest BCUT2D eigenvalue weighted by atomic mass is 16.5. The van der Waals surface area contributed by atoms with Crippen LogP contribution in [0.1, 0.15) is 30.0 Å². The number of benzene rings is 1. The molecular formula is C25H29N5O2. The minimum atomic E-state index is 0.165. The molecule has 1 aliphatic heterocycles. The first-order valence-electron chi connectivity index (χ1n) is 10.9. The minimum absolute atomic E-state index is 0.165. The van der Waals surface area contributed by atoms with E-state index in [9.17, 15) is 4.79 Å². The largest absolute Gasteiger partial charge is 0.497 e. The molecule has 166 valence electrons. The van der Waals surface area contributed by atoms with Crippen LogP contribution in [-0.2, 0) is 11.3 Å². The van der Waals surface area contributed by atoms with E-state index in [4.69, 9.17) is 4.74 Å². The fourth-order valence-electron chi connectivity index (χ4n) is 4.18. The van der Waals surface area contributed by atoms with Crippen molar-refractivity contribution in [2.75, 3.05) is 33.8 Å². The fourth-order valence-corrected chi connectivity index (χ4v) is 4.18. The van der Waals surface area contributed by atoms with Crippen LogP contribution in [0.4, 0.5) is 0 Å². The van der Waals surface area contributed by atoms with Crippen molar-refractivity contribution in [3.8, 4) is 16.9 Å². The monoisotopic (exact) mass is 431 g/mol. The number of hydrogen-bond acceptors (Lipinski definition) is 6. The summed E-state index contributed by atoms with van der Waals surface area (Å²) in [7, 11) is 3.64. The van der Waals surface area contributed by atoms with E-state index < -0.39 is 0 Å². The maximum absolute atomic E-state index is 13.0. The summed E-state index contributed by atoms with van der Waals surface area (Å²) < 4.78 is 5.29. The van der Waals surface area contributed by atoms with Gasteiger partial charge in [0.2, 0.25) is 5.91 Å². The van der Waals surface area contributed by atoms with Gasteiger partial charge in [-0.3, -0.25) is 14.7 Å². The Bertz CT molecular complexity index is 1030. The van der Waals surface area contributed by atoms with Gasteiger partial charge in [0, 0.05) is 61.0 Å². The third-order valence-corrected chi connectivity index (χ3v) is 5.86. The molecule has 4 rings (SSSR count). The standard InChI is InChI=1S/C25H29N5O2/c1-29(15-19-5-3-7-23(11-19)32-2)17-25(31)30-10-4-6-21(16-30)24-9-8-20(14-28-24)22-12-26-18-27-13-22/h3,5,7-9,11-14,18,21H,4,6,10,15-17H2,1-2H3/t21-/m1/s1. The van der Waals surface area contributed by atoms with Crippen molar-refractivity contribution in [3.05, 3.63) is 72.6 Å². The molecule has 0 unspecified atom stereocenters. The number of piperidine rings is 1. The Labute approximate surface area is 189 Å². The van der Waals surface area contributed by atoms with Crippen LogP contribution in [-0.4, -0.2) is 64.5 Å². The first kappa shape index (κ1) is 21.9. The lowest BCUT2D eigenvalue weighted by atomic mass is 9.93. The van der Waals surface area contributed by atoms with Gasteiger partial charge in [-0.2, -0.15) is 0 Å². The summed E-state index contributed by atoms with van der Waals surface area (Å²) in [6.07, 6.45) is 9.00. The van der Waals surface area contributed by atoms with Gasteiger partial charge in [-0.15, -0.1) is 0 Å². The number of aromatic nitrogens is 3. The van der Waals surface area contributed by atoms with Gasteiger partial charge in [0.25, 0.3) is 0 Å². The molecule has 7 nitrogen and oxygen atoms in total. The molecule has 0 radical (unpaired) electrons. The lowest BCUT2D eigenvalue weighted by Crippen LogP contribution is -2.43. The predicted octanol–water partition coefficient (Wildman–Crippen LogP) is 3.39. The van der Waals surface area contributed by atoms with Crippen LogP contribution in [0.3, 0.4) is 0 Å². The number of pyridine rings is 1. The minimum Gasteiger partial charge on any atom is -0.497 e. The lowest BCUT2D eigenvalue weighted by molar-refractivity contribution is -0.133. The van der Waals surface area contributed by atoms with Crippen LogP contribution in [0.25, 0.3) is 11.1 Å². The van der Waals surface area contributed by atoms with Crippen molar-refractivity contribution in [3.63, 3.8) is 0 Å². The lowest BCUT2D eigenvalue weighted by Gasteiger charge is -2.33. The number of likely N-dealkylation sites (N-methyl/N-ethyl adjacent to an activating group) is 1. The summed E-state index contributed by atoms with van der Waals surface area (Å²) in [5.41, 5.74) is 4.11. The Morgan fingerprint density at radius 3 is 2.75 bits per heavy atom. The van der Waals surface area contributed by atoms with Gasteiger partial charge in [0.15, 0.2) is 0 Å². The zero-order valence-corrected chi connectivity index (χ0v) is 18.6. The van der Waals surface area contributed by atoms with Gasteiger partial charge in [-0.05, 0) is 43.7 Å². The number of nitrogens with zero attached hydrogens (tertiary/aromatic N) is 5. The highest BCUT2D eigenvalue weighted by Crippen LogP contribution is 2.27. The average molecular weight is 432 g/mol. The molecule has 0 aliphatic carbocycles. The third kappa shape index (κ3) is 5.48. The van der Waals surface area contributed by atoms with Crippen LogP contribution in [0, 0.1) is 0 Å². The van der Waals surface area contributed by atoms with Crippen LogP contribution in [0.2, 0.25) is 0 Å². The Hall–Kier alpha value is -3.32. The fraction of sp³-hybridized carbons (Fsp3) is 0.360. The topological polar surface area (TPSA) is 71.5 Å². The molecule has 1 aromatic carbocycles. The molecule has 3 heterocycles. The van der Waals surface area contributed by atoms with Crippen molar-refractivity contribution in [1.29, 1.82) is 0 Å². The smallest absolute Gasteiger partial charge is 0.236 e. The number of likely N-dealkylation sites (tertiary alicyclic amines) is 1. The van der Waals surface area contributed by atoms with E-state index in [1.54, 1.807) is 19.5 Å². The number of carbonyl (C=O) groups is 1. The molecule has 1 saturated heterocycles. The Morgan fingerprint density at radius 2 is 2.00 bits per heavy atom. The summed E-state index contributed by atoms with van der Waals surface area (Å²) in [6, 6.07) is 12.1. The van der Waals surface area contributed by atoms with E-state index in [2.05, 4.69) is 38.1 Å². The Balaban J connectivity index is 1.34. The van der Waals surface area contributed by atoms with E-state index in [-0.39, 0.29) is 11.8 Å². The molecule has 2 aromatic heterocycles. The highest BCUT2D eigenvalue weighted by molar-refractivity contribution is 5.78. The zero-order valence-electron chi connectivity index (χ0n) is 18.6. The molecule has 0 bridgehead atoms. The average Bonchev–Trinajstić information content (AvgIpc) is 2.85. The first-order chi connectivity index (χ1) is 15.6. The highest BCUT2D eigenvalue weighted by Gasteiger charge is 2.26. The second kappa shape index (κ2) is 10.3. The van der Waals surface area contributed by atoms with Crippen LogP contribution in [0.5, 0.6) is 5.75 Å². The van der Waals surface area contributed by atoms with Gasteiger partial charge in [-0.1, -0.05) is 18.2 Å². The summed E-state index contributed by atoms with van der Waals surface area (Å²) in [6.45, 7) is 2.62. The summed E-state index contributed by atoms with van der Waals surface area (Å²) in [4.78, 5) is 29.8. The maximum atomic E-state index is 13.0. The van der Waals surface area contributed by atoms with E-state index in [1.165, 1.54) is 6.33 Å². The third-order valence-electron chi connectivity index (χ3n) is 5.86. The summed E-state index contributed by atoms with van der Waals surface area (Å²) >= 11 is 0. The Morgan fingerprint density at radius 1 is 1.16 bits per heavy atom. The molecule has 32 heavy (non-hydrogen) atoms. The van der Waals surface area contributed by atoms with Gasteiger partial charge >= 0.3 is 0 Å². The van der Waals surface area contributed by atoms with E-state index >= 15 is 0 Å². The van der Waals surface area contributed by atoms with Crippen molar-refractivity contribution in [1.82, 2.24) is 24.8 Å². The zero-order chi connectivity index (χ0) is 22.3. The van der Waals surface area contributed by atoms with Gasteiger partial charge in [-0.25, -0.2) is 9.97 Å². The number of hydrogen-bond donors (Lipinski definition) is 0. The number of rotatable bonds is 7. The molecule has 1 atom stereocenters. The second-order valence-electron chi connectivity index (χ2n) is 8.30. The molecule has 1 amide bonds. The molecule has 7 heteroatoms.